The summed E-state index contributed by atoms with van der Waals surface area (Å²) in [4.78, 5) is 51.8. The smallest absolute Gasteiger partial charge is 0.151 e. The van der Waals surface area contributed by atoms with Gasteiger partial charge in [-0.25, -0.2) is 0 Å². The number of anilines is 4. The van der Waals surface area contributed by atoms with Crippen LogP contribution in [0.1, 0.15) is 61.5 Å². The largest absolute Gasteiger partial charge is 0.497 e. The summed E-state index contributed by atoms with van der Waals surface area (Å²) in [5, 5.41) is 4.32. The van der Waals surface area contributed by atoms with Crippen LogP contribution in [0.25, 0.3) is 88.1 Å². The summed E-state index contributed by atoms with van der Waals surface area (Å²) >= 11 is 0. The quantitative estimate of drug-likeness (QED) is 0.117. The van der Waals surface area contributed by atoms with Gasteiger partial charge in [0, 0.05) is 69.4 Å². The molecule has 4 heterocycles. The van der Waals surface area contributed by atoms with Gasteiger partial charge in [-0.05, 0) is 215 Å². The summed E-state index contributed by atoms with van der Waals surface area (Å²) in [6.45, 7) is 0. The normalized spacial score (nSPS) is 23.7. The van der Waals surface area contributed by atoms with Crippen LogP contribution in [0, 0.1) is 47.3 Å². The number of carbonyl (C=O) groups excluding carboxylic acids is 2. The van der Waals surface area contributed by atoms with Gasteiger partial charge >= 0.3 is 0 Å². The molecule has 12 unspecified atom stereocenters. The van der Waals surface area contributed by atoms with E-state index in [1.807, 2.05) is 33.7 Å². The first-order valence-corrected chi connectivity index (χ1v) is 38.3. The number of hydrogen-bond acceptors (Lipinski definition) is 10. The van der Waals surface area contributed by atoms with Crippen molar-refractivity contribution in [3.05, 3.63) is 278 Å². The standard InChI is InChI=1S/C96H80N4O8/c1-103-66-31-35-72-70-33-25-63(43-83(70)99(105-3)85(72)51-66)68-37-38-69(64-26-34-71-73-36-32-67(104-2)52-86(73)100(106-4)84(71)44-64)94-92(68)76-54-77-74(53-78(76)96(94)102)75-49-65(97-79-39-27-59(55-17-9-5-10-18-55)45-88(79)107-89-46-60(28-40-80(89)97)56-19-11-6-12-20-56)50-87(93(75)95(77)101)98-81-41-29-61(57-21-13-7-14-22-57)47-90(81)108-91-48-62(30-42-82(91)98)58-23-15-8-16-24-58/h5-36,39-48,51-52,65,68-69,74-78,87,92-94H,37-38,49-50,53-54H2,1-4H3. The van der Waals surface area contributed by atoms with Gasteiger partial charge in [0.05, 0.1) is 59.0 Å². The molecule has 12 atom stereocenters. The maximum atomic E-state index is 17.2. The lowest BCUT2D eigenvalue weighted by Crippen LogP contribution is -2.53. The van der Waals surface area contributed by atoms with E-state index in [0.717, 1.165) is 170 Å². The summed E-state index contributed by atoms with van der Waals surface area (Å²) in [6, 6.07) is 94.4. The van der Waals surface area contributed by atoms with E-state index in [1.165, 1.54) is 5.56 Å². The zero-order chi connectivity index (χ0) is 72.2. The van der Waals surface area contributed by atoms with E-state index in [4.69, 9.17) is 28.6 Å². The number of ether oxygens (including phenoxy) is 4. The van der Waals surface area contributed by atoms with Gasteiger partial charge in [-0.1, -0.05) is 170 Å². The summed E-state index contributed by atoms with van der Waals surface area (Å²) in [6.07, 6.45) is 4.36. The fourth-order valence-corrected chi connectivity index (χ4v) is 21.6. The van der Waals surface area contributed by atoms with Crippen LogP contribution in [0.4, 0.5) is 22.7 Å². The maximum Gasteiger partial charge on any atom is 0.151 e. The highest BCUT2D eigenvalue weighted by molar-refractivity contribution is 6.10. The highest BCUT2D eigenvalue weighted by Crippen LogP contribution is 2.68. The Kier molecular flexibility index (Phi) is 15.1. The molecule has 21 rings (SSSR count). The minimum atomic E-state index is -0.380. The molecule has 7 aliphatic rings. The fraction of sp³-hybridized carbons (Fsp3) is 0.229. The van der Waals surface area contributed by atoms with Crippen LogP contribution in [-0.4, -0.2) is 61.6 Å². The first kappa shape index (κ1) is 64.4. The van der Waals surface area contributed by atoms with Gasteiger partial charge in [0.25, 0.3) is 0 Å². The average molecular weight is 1420 g/mol. The Morgan fingerprint density at radius 1 is 0.324 bits per heavy atom. The van der Waals surface area contributed by atoms with Gasteiger partial charge in [-0.2, -0.15) is 9.46 Å². The number of carbonyl (C=O) groups is 2. The second kappa shape index (κ2) is 25.3. The number of Topliss-reactive ketones (excluding diaryl/α,β-unsaturated/α-hetero) is 2. The van der Waals surface area contributed by atoms with Crippen molar-refractivity contribution in [1.29, 1.82) is 0 Å². The first-order chi connectivity index (χ1) is 53.2. The molecular weight excluding hydrogens is 1340 g/mol. The number of fused-ring (bicyclic) bond motifs is 16. The van der Waals surface area contributed by atoms with Crippen LogP contribution in [0.3, 0.4) is 0 Å². The van der Waals surface area contributed by atoms with Gasteiger partial charge in [-0.15, -0.1) is 0 Å². The zero-order valence-electron chi connectivity index (χ0n) is 60.6. The number of methoxy groups -OCH3 is 2. The van der Waals surface area contributed by atoms with E-state index in [9.17, 15) is 0 Å². The predicted octanol–water partition coefficient (Wildman–Crippen LogP) is 21.7. The molecule has 0 bridgehead atoms. The molecule has 0 radical (unpaired) electrons. The molecule has 5 aliphatic carbocycles. The molecule has 532 valence electrons. The van der Waals surface area contributed by atoms with Crippen LogP contribution in [-0.2, 0) is 9.59 Å². The van der Waals surface area contributed by atoms with Crippen molar-refractivity contribution >= 4 is 77.9 Å². The van der Waals surface area contributed by atoms with E-state index in [1.54, 1.807) is 28.4 Å². The molecule has 0 spiro atoms. The second-order valence-corrected chi connectivity index (χ2v) is 31.0. The average Bonchev–Trinajstić information content (AvgIpc) is 1.51. The first-order valence-electron chi connectivity index (χ1n) is 38.3. The van der Waals surface area contributed by atoms with Crippen molar-refractivity contribution in [3.8, 4) is 79.0 Å². The Balaban J connectivity index is 0.727. The Hall–Kier alpha value is -12.0. The molecule has 0 amide bonds. The number of rotatable bonds is 12. The van der Waals surface area contributed by atoms with Crippen LogP contribution in [0.2, 0.25) is 0 Å². The van der Waals surface area contributed by atoms with Gasteiger partial charge < -0.3 is 38.4 Å². The summed E-state index contributed by atoms with van der Waals surface area (Å²) in [5.41, 5.74) is 18.6. The van der Waals surface area contributed by atoms with E-state index >= 15 is 9.59 Å². The molecule has 2 aromatic heterocycles. The third kappa shape index (κ3) is 10.0. The Bertz CT molecular complexity index is 5780. The molecule has 5 saturated carbocycles. The van der Waals surface area contributed by atoms with Gasteiger partial charge in [-0.3, -0.25) is 9.59 Å². The van der Waals surface area contributed by atoms with Crippen molar-refractivity contribution < 1.29 is 38.2 Å². The predicted molar refractivity (Wildman–Crippen MR) is 428 cm³/mol. The van der Waals surface area contributed by atoms with Crippen molar-refractivity contribution in [2.45, 2.75) is 62.4 Å². The number of nitrogens with zero attached hydrogens (tertiary/aromatic N) is 4. The van der Waals surface area contributed by atoms with Crippen LogP contribution >= 0.6 is 0 Å². The fourth-order valence-electron chi connectivity index (χ4n) is 21.6. The molecule has 12 nitrogen and oxygen atoms in total. The highest BCUT2D eigenvalue weighted by Gasteiger charge is 2.66. The molecule has 0 saturated heterocycles. The number of benzene rings is 12. The van der Waals surface area contributed by atoms with Crippen LogP contribution < -0.4 is 38.4 Å². The maximum absolute atomic E-state index is 17.2. The van der Waals surface area contributed by atoms with Crippen molar-refractivity contribution in [1.82, 2.24) is 9.46 Å². The lowest BCUT2D eigenvalue weighted by atomic mass is 9.59. The van der Waals surface area contributed by atoms with Crippen LogP contribution in [0.15, 0.2) is 267 Å². The third-order valence-electron chi connectivity index (χ3n) is 26.1. The van der Waals surface area contributed by atoms with E-state index in [2.05, 4.69) is 252 Å². The molecular formula is C96H80N4O8. The molecule has 2 aliphatic heterocycles. The lowest BCUT2D eigenvalue weighted by molar-refractivity contribution is -0.129. The van der Waals surface area contributed by atoms with Gasteiger partial charge in [0.2, 0.25) is 0 Å². The number of ketones is 2. The van der Waals surface area contributed by atoms with Crippen molar-refractivity contribution in [3.63, 3.8) is 0 Å². The number of aromatic nitrogens is 2. The summed E-state index contributed by atoms with van der Waals surface area (Å²) in [7, 11) is 6.84. The zero-order valence-corrected chi connectivity index (χ0v) is 60.6. The SMILES string of the molecule is COc1ccc2c3ccc(C4CCC(c5ccc6c7ccc(OC)cc7n(OC)c6c5)C5C6CC7C(=O)C8C(CC(N9c%10ccc(-c%11ccccc%11)cc%10Oc%10cc(-c%11ccccc%11)ccc%109)CC8N8c9ccc(-c%10ccccc%10)cc9Oc9cc(-c%10ccccc%10)ccc98)C7CC6C(=O)C45)cc3n(OC)c2c1. The molecule has 12 heteroatoms. The molecule has 14 aromatic rings. The van der Waals surface area contributed by atoms with Crippen molar-refractivity contribution in [2.75, 3.05) is 38.2 Å². The van der Waals surface area contributed by atoms with Crippen molar-refractivity contribution in [2.24, 2.45) is 47.3 Å². The Labute approximate surface area is 627 Å². The minimum Gasteiger partial charge on any atom is -0.497 e. The monoisotopic (exact) mass is 1420 g/mol. The highest BCUT2D eigenvalue weighted by atomic mass is 16.6. The van der Waals surface area contributed by atoms with Crippen LogP contribution in [0.5, 0.6) is 34.5 Å². The van der Waals surface area contributed by atoms with E-state index in [0.29, 0.717) is 30.8 Å². The molecule has 5 fully saturated rings. The van der Waals surface area contributed by atoms with E-state index < -0.39 is 0 Å². The second-order valence-electron chi connectivity index (χ2n) is 31.0. The summed E-state index contributed by atoms with van der Waals surface area (Å²) < 4.78 is 29.9. The molecule has 108 heavy (non-hydrogen) atoms. The third-order valence-corrected chi connectivity index (χ3v) is 26.1. The number of hydrogen-bond donors (Lipinski definition) is 0. The van der Waals surface area contributed by atoms with Gasteiger partial charge in [0.1, 0.15) is 37.3 Å². The lowest BCUT2D eigenvalue weighted by Gasteiger charge is -2.51. The topological polar surface area (TPSA) is 106 Å². The van der Waals surface area contributed by atoms with E-state index in [-0.39, 0.29) is 71.3 Å². The Morgan fingerprint density at radius 3 is 1.14 bits per heavy atom. The molecule has 12 aromatic carbocycles. The minimum absolute atomic E-state index is 0.0238. The van der Waals surface area contributed by atoms with Gasteiger partial charge in [0.15, 0.2) is 23.0 Å². The molecule has 0 N–H and O–H groups in total. The summed E-state index contributed by atoms with van der Waals surface area (Å²) in [5.74, 6) is 3.75. The Morgan fingerprint density at radius 2 is 0.704 bits per heavy atom.